The Morgan fingerprint density at radius 1 is 0.976 bits per heavy atom. The third-order valence-corrected chi connectivity index (χ3v) is 7.86. The zero-order valence-corrected chi connectivity index (χ0v) is 25.0. The van der Waals surface area contributed by atoms with Crippen LogP contribution in [0.15, 0.2) is 65.0 Å². The highest BCUT2D eigenvalue weighted by atomic mass is 35.5. The number of hydrogen-bond acceptors (Lipinski definition) is 8. The van der Waals surface area contributed by atoms with E-state index < -0.39 is 24.5 Å². The summed E-state index contributed by atoms with van der Waals surface area (Å²) < 4.78 is 42.4. The van der Waals surface area contributed by atoms with E-state index in [9.17, 15) is 18.4 Å². The van der Waals surface area contributed by atoms with Crippen LogP contribution in [0.25, 0.3) is 0 Å². The van der Waals surface area contributed by atoms with Gasteiger partial charge in [-0.1, -0.05) is 35.9 Å². The summed E-state index contributed by atoms with van der Waals surface area (Å²) in [4.78, 5) is 31.1. The molecule has 2 aliphatic rings. The zero-order chi connectivity index (χ0) is 30.4. The van der Waals surface area contributed by atoms with Crippen molar-refractivity contribution in [1.82, 2.24) is 10.2 Å². The Bertz CT molecular complexity index is 1370. The fourth-order valence-electron chi connectivity index (χ4n) is 5.33. The lowest BCUT2D eigenvalue weighted by Crippen LogP contribution is -2.47. The highest BCUT2D eigenvalue weighted by Crippen LogP contribution is 2.43. The Labute approximate surface area is 249 Å². The maximum Gasteiger partial charge on any atom is 0.387 e. The summed E-state index contributed by atoms with van der Waals surface area (Å²) in [6.45, 7) is 7.80. The molecule has 8 nitrogen and oxygen atoms in total. The molecule has 1 unspecified atom stereocenters. The van der Waals surface area contributed by atoms with Crippen LogP contribution in [-0.4, -0.2) is 69.4 Å². The molecule has 0 aliphatic carbocycles. The van der Waals surface area contributed by atoms with Crippen molar-refractivity contribution in [1.29, 1.82) is 0 Å². The van der Waals surface area contributed by atoms with E-state index in [1.807, 2.05) is 19.1 Å². The van der Waals surface area contributed by atoms with Crippen LogP contribution in [0, 0.1) is 6.92 Å². The first-order valence-corrected chi connectivity index (χ1v) is 14.3. The smallest absolute Gasteiger partial charge is 0.387 e. The second-order valence-corrected chi connectivity index (χ2v) is 10.6. The van der Waals surface area contributed by atoms with Gasteiger partial charge in [-0.25, -0.2) is 9.59 Å². The van der Waals surface area contributed by atoms with E-state index in [0.717, 1.165) is 42.5 Å². The van der Waals surface area contributed by atoms with Crippen molar-refractivity contribution in [3.8, 4) is 5.75 Å². The molecule has 0 bridgehead atoms. The molecule has 2 aliphatic heterocycles. The predicted octanol–water partition coefficient (Wildman–Crippen LogP) is 5.41. The normalized spacial score (nSPS) is 17.8. The van der Waals surface area contributed by atoms with Crippen molar-refractivity contribution in [2.45, 2.75) is 40.2 Å². The van der Waals surface area contributed by atoms with Crippen LogP contribution in [0.3, 0.4) is 0 Å². The summed E-state index contributed by atoms with van der Waals surface area (Å²) in [5, 5.41) is 3.81. The second kappa shape index (κ2) is 14.0. The van der Waals surface area contributed by atoms with Crippen molar-refractivity contribution in [2.24, 2.45) is 0 Å². The number of esters is 2. The third-order valence-electron chi connectivity index (χ3n) is 7.46. The van der Waals surface area contributed by atoms with Crippen LogP contribution < -0.4 is 15.0 Å². The fraction of sp³-hybridized carbons (Fsp3) is 0.419. The molecule has 0 spiro atoms. The van der Waals surface area contributed by atoms with Crippen LogP contribution in [-0.2, 0) is 19.1 Å². The molecule has 2 aromatic carbocycles. The first-order valence-electron chi connectivity index (χ1n) is 13.9. The molecule has 1 saturated heterocycles. The van der Waals surface area contributed by atoms with Crippen molar-refractivity contribution in [3.05, 3.63) is 81.2 Å². The molecule has 0 amide bonds. The molecule has 1 atom stereocenters. The second-order valence-electron chi connectivity index (χ2n) is 10.2. The quantitative estimate of drug-likeness (QED) is 0.361. The minimum Gasteiger partial charge on any atom is -0.463 e. The number of aryl methyl sites for hydroxylation is 1. The van der Waals surface area contributed by atoms with Crippen molar-refractivity contribution >= 4 is 29.2 Å². The first kappa shape index (κ1) is 31.3. The molecule has 11 heteroatoms. The largest absolute Gasteiger partial charge is 0.463 e. The Kier molecular flexibility index (Phi) is 10.5. The number of hydrogen-bond donors (Lipinski definition) is 1. The summed E-state index contributed by atoms with van der Waals surface area (Å²) >= 11 is 6.30. The van der Waals surface area contributed by atoms with E-state index in [0.29, 0.717) is 17.9 Å². The van der Waals surface area contributed by atoms with Gasteiger partial charge < -0.3 is 24.4 Å². The van der Waals surface area contributed by atoms with E-state index in [1.54, 1.807) is 39.0 Å². The molecule has 0 aromatic heterocycles. The van der Waals surface area contributed by atoms with Gasteiger partial charge in [-0.2, -0.15) is 8.78 Å². The SMILES string of the molecule is CCOC(=O)C1=C(C)NC(C)=C(C(=O)OCCN2CCN(c3ccc(C)c(Cl)c3)CC2)C1c1ccccc1OC(F)F. The maximum absolute atomic E-state index is 13.6. The summed E-state index contributed by atoms with van der Waals surface area (Å²) in [6, 6.07) is 12.2. The molecule has 1 fully saturated rings. The molecule has 4 rings (SSSR count). The summed E-state index contributed by atoms with van der Waals surface area (Å²) in [5.74, 6) is -2.48. The number of para-hydroxylation sites is 1. The van der Waals surface area contributed by atoms with E-state index >= 15 is 0 Å². The van der Waals surface area contributed by atoms with Gasteiger partial charge >= 0.3 is 18.6 Å². The Morgan fingerprint density at radius 2 is 1.62 bits per heavy atom. The molecular formula is C31H36ClF2N3O5. The van der Waals surface area contributed by atoms with Crippen LogP contribution in [0.1, 0.15) is 37.8 Å². The number of carbonyl (C=O) groups excluding carboxylic acids is 2. The molecule has 2 aromatic rings. The predicted molar refractivity (Wildman–Crippen MR) is 157 cm³/mol. The number of ether oxygens (including phenoxy) is 3. The lowest BCUT2D eigenvalue weighted by Gasteiger charge is -2.36. The van der Waals surface area contributed by atoms with Crippen LogP contribution >= 0.6 is 11.6 Å². The van der Waals surface area contributed by atoms with Crippen LogP contribution in [0.2, 0.25) is 5.02 Å². The number of benzene rings is 2. The summed E-state index contributed by atoms with van der Waals surface area (Å²) in [5.41, 5.74) is 3.51. The molecule has 42 heavy (non-hydrogen) atoms. The van der Waals surface area contributed by atoms with E-state index in [4.69, 9.17) is 25.8 Å². The summed E-state index contributed by atoms with van der Waals surface area (Å²) in [7, 11) is 0. The molecule has 2 heterocycles. The monoisotopic (exact) mass is 603 g/mol. The van der Waals surface area contributed by atoms with E-state index in [-0.39, 0.29) is 35.7 Å². The number of allylic oxidation sites excluding steroid dienone is 2. The van der Waals surface area contributed by atoms with Gasteiger partial charge in [0.05, 0.1) is 23.7 Å². The number of nitrogens with one attached hydrogen (secondary N) is 1. The van der Waals surface area contributed by atoms with Gasteiger partial charge in [-0.3, -0.25) is 4.90 Å². The lowest BCUT2D eigenvalue weighted by atomic mass is 9.80. The fourth-order valence-corrected chi connectivity index (χ4v) is 5.51. The van der Waals surface area contributed by atoms with Gasteiger partial charge in [0.15, 0.2) is 0 Å². The van der Waals surface area contributed by atoms with Crippen LogP contribution in [0.4, 0.5) is 14.5 Å². The number of dihydropyridines is 1. The van der Waals surface area contributed by atoms with Crippen molar-refractivity contribution in [2.75, 3.05) is 50.8 Å². The molecule has 1 N–H and O–H groups in total. The van der Waals surface area contributed by atoms with Crippen molar-refractivity contribution < 1.29 is 32.6 Å². The number of halogens is 3. The third kappa shape index (κ3) is 7.22. The van der Waals surface area contributed by atoms with E-state index in [1.165, 1.54) is 6.07 Å². The molecule has 0 radical (unpaired) electrons. The van der Waals surface area contributed by atoms with Gasteiger partial charge in [0.2, 0.25) is 0 Å². The number of anilines is 1. The minimum absolute atomic E-state index is 0.101. The Balaban J connectivity index is 1.48. The number of carbonyl (C=O) groups is 2. The lowest BCUT2D eigenvalue weighted by molar-refractivity contribution is -0.140. The Morgan fingerprint density at radius 3 is 2.24 bits per heavy atom. The number of alkyl halides is 2. The van der Waals surface area contributed by atoms with Gasteiger partial charge in [0.1, 0.15) is 12.4 Å². The summed E-state index contributed by atoms with van der Waals surface area (Å²) in [6.07, 6.45) is 0. The topological polar surface area (TPSA) is 80.3 Å². The van der Waals surface area contributed by atoms with Gasteiger partial charge in [0.25, 0.3) is 0 Å². The highest BCUT2D eigenvalue weighted by Gasteiger charge is 2.39. The molecule has 226 valence electrons. The molecule has 0 saturated carbocycles. The van der Waals surface area contributed by atoms with Gasteiger partial charge in [-0.15, -0.1) is 0 Å². The van der Waals surface area contributed by atoms with Gasteiger partial charge in [0, 0.05) is 60.4 Å². The van der Waals surface area contributed by atoms with E-state index in [2.05, 4.69) is 21.2 Å². The number of nitrogens with zero attached hydrogens (tertiary/aromatic N) is 2. The highest BCUT2D eigenvalue weighted by molar-refractivity contribution is 6.31. The minimum atomic E-state index is -3.09. The average Bonchev–Trinajstić information content (AvgIpc) is 2.94. The molecular weight excluding hydrogens is 568 g/mol. The maximum atomic E-state index is 13.6. The zero-order valence-electron chi connectivity index (χ0n) is 24.2. The first-order chi connectivity index (χ1) is 20.1. The standard InChI is InChI=1S/C31H36ClF2N3O5/c1-5-40-29(38)26-20(3)35-21(4)27(28(26)23-8-6-7-9-25(23)42-31(33)34)30(39)41-17-16-36-12-14-37(15-13-36)22-11-10-19(2)24(32)18-22/h6-11,18,28,31,35H,5,12-17H2,1-4H3. The number of rotatable bonds is 10. The van der Waals surface area contributed by atoms with Crippen LogP contribution in [0.5, 0.6) is 5.75 Å². The van der Waals surface area contributed by atoms with Crippen molar-refractivity contribution in [3.63, 3.8) is 0 Å². The average molecular weight is 604 g/mol. The Hall–Kier alpha value is -3.63. The number of piperazine rings is 1. The van der Waals surface area contributed by atoms with Gasteiger partial charge in [-0.05, 0) is 51.5 Å².